The Hall–Kier alpha value is -4.52. The molecule has 0 spiro atoms. The van der Waals surface area contributed by atoms with E-state index < -0.39 is 0 Å². The summed E-state index contributed by atoms with van der Waals surface area (Å²) in [6, 6.07) is 27.0. The van der Waals surface area contributed by atoms with Gasteiger partial charge in [-0.2, -0.15) is 0 Å². The van der Waals surface area contributed by atoms with Crippen LogP contribution in [0.4, 0.5) is 0 Å². The summed E-state index contributed by atoms with van der Waals surface area (Å²) in [5.74, 6) is 1.40. The number of amides is 2. The number of benzene rings is 3. The Morgan fingerprint density at radius 1 is 0.684 bits per heavy atom. The molecule has 0 unspecified atom stereocenters. The minimum absolute atomic E-state index is 0.0297. The number of rotatable bonds is 6. The number of aromatic nitrogens is 1. The lowest BCUT2D eigenvalue weighted by atomic mass is 10.1. The molecule has 2 amide bonds. The van der Waals surface area contributed by atoms with Crippen molar-refractivity contribution in [2.75, 3.05) is 40.4 Å². The molecular weight excluding hydrogens is 478 g/mol. The van der Waals surface area contributed by atoms with Crippen LogP contribution >= 0.6 is 0 Å². The second kappa shape index (κ2) is 10.8. The third-order valence-electron chi connectivity index (χ3n) is 7.05. The van der Waals surface area contributed by atoms with E-state index in [4.69, 9.17) is 9.47 Å². The molecule has 1 aromatic heterocycles. The third-order valence-corrected chi connectivity index (χ3v) is 7.05. The summed E-state index contributed by atoms with van der Waals surface area (Å²) in [7, 11) is 3.25. The van der Waals surface area contributed by atoms with Gasteiger partial charge in [0, 0.05) is 48.7 Å². The summed E-state index contributed by atoms with van der Waals surface area (Å²) in [5, 5.41) is 0. The molecular formula is C31H31N3O4. The van der Waals surface area contributed by atoms with Gasteiger partial charge in [0.15, 0.2) is 0 Å². The van der Waals surface area contributed by atoms with Crippen LogP contribution in [0, 0.1) is 6.92 Å². The number of piperazine rings is 1. The van der Waals surface area contributed by atoms with E-state index in [2.05, 4.69) is 4.57 Å². The normalized spacial score (nSPS) is 13.3. The van der Waals surface area contributed by atoms with Crippen molar-refractivity contribution in [3.05, 3.63) is 102 Å². The second-order valence-corrected chi connectivity index (χ2v) is 9.24. The van der Waals surface area contributed by atoms with E-state index in [1.54, 1.807) is 43.4 Å². The average molecular weight is 510 g/mol. The molecule has 1 aliphatic rings. The van der Waals surface area contributed by atoms with Gasteiger partial charge in [0.1, 0.15) is 11.5 Å². The van der Waals surface area contributed by atoms with Gasteiger partial charge in [-0.1, -0.05) is 30.3 Å². The van der Waals surface area contributed by atoms with Crippen LogP contribution in [0.5, 0.6) is 11.5 Å². The summed E-state index contributed by atoms with van der Waals surface area (Å²) in [5.41, 5.74) is 5.01. The fraction of sp³-hybridized carbons (Fsp3) is 0.226. The Labute approximate surface area is 222 Å². The van der Waals surface area contributed by atoms with Crippen molar-refractivity contribution in [3.63, 3.8) is 0 Å². The Kier molecular flexibility index (Phi) is 7.18. The lowest BCUT2D eigenvalue weighted by molar-refractivity contribution is 0.0535. The quantitative estimate of drug-likeness (QED) is 0.364. The van der Waals surface area contributed by atoms with Gasteiger partial charge in [0.2, 0.25) is 0 Å². The molecule has 1 aliphatic heterocycles. The molecule has 1 fully saturated rings. The van der Waals surface area contributed by atoms with E-state index in [0.29, 0.717) is 43.1 Å². The van der Waals surface area contributed by atoms with E-state index in [9.17, 15) is 9.59 Å². The fourth-order valence-electron chi connectivity index (χ4n) is 4.93. The van der Waals surface area contributed by atoms with Gasteiger partial charge in [0.05, 0.1) is 25.5 Å². The van der Waals surface area contributed by atoms with Crippen LogP contribution in [0.15, 0.2) is 84.9 Å². The minimum Gasteiger partial charge on any atom is -0.497 e. The van der Waals surface area contributed by atoms with Crippen LogP contribution in [0.2, 0.25) is 0 Å². The standard InChI is InChI=1S/C31H31N3O4/c1-22-28(21-29(24-8-7-11-27(20-24)38-3)34(22)25-9-5-4-6-10-25)31(36)33-18-16-32(17-19-33)30(35)23-12-14-26(37-2)15-13-23/h4-15,20-21H,16-19H2,1-3H3. The first-order chi connectivity index (χ1) is 18.5. The van der Waals surface area contributed by atoms with Gasteiger partial charge in [-0.15, -0.1) is 0 Å². The first-order valence-electron chi connectivity index (χ1n) is 12.6. The first kappa shape index (κ1) is 25.1. The zero-order valence-electron chi connectivity index (χ0n) is 21.9. The second-order valence-electron chi connectivity index (χ2n) is 9.24. The number of hydrogen-bond acceptors (Lipinski definition) is 4. The van der Waals surface area contributed by atoms with Crippen LogP contribution in [0.1, 0.15) is 26.4 Å². The van der Waals surface area contributed by atoms with Crippen LogP contribution in [-0.4, -0.2) is 66.6 Å². The smallest absolute Gasteiger partial charge is 0.255 e. The van der Waals surface area contributed by atoms with Gasteiger partial charge in [-0.25, -0.2) is 0 Å². The topological polar surface area (TPSA) is 64.0 Å². The molecule has 0 N–H and O–H groups in total. The highest BCUT2D eigenvalue weighted by Gasteiger charge is 2.28. The van der Waals surface area contributed by atoms with Crippen molar-refractivity contribution < 1.29 is 19.1 Å². The molecule has 0 atom stereocenters. The van der Waals surface area contributed by atoms with E-state index in [1.165, 1.54) is 0 Å². The average Bonchev–Trinajstić information content (AvgIpc) is 3.33. The summed E-state index contributed by atoms with van der Waals surface area (Å²) >= 11 is 0. The molecule has 2 heterocycles. The number of para-hydroxylation sites is 1. The highest BCUT2D eigenvalue weighted by Crippen LogP contribution is 2.32. The van der Waals surface area contributed by atoms with Crippen LogP contribution < -0.4 is 9.47 Å². The molecule has 1 saturated heterocycles. The Balaban J connectivity index is 1.39. The largest absolute Gasteiger partial charge is 0.497 e. The SMILES string of the molecule is COc1ccc(C(=O)N2CCN(C(=O)c3cc(-c4cccc(OC)c4)n(-c4ccccc4)c3C)CC2)cc1. The molecule has 5 rings (SSSR count). The predicted octanol–water partition coefficient (Wildman–Crippen LogP) is 5.07. The third kappa shape index (κ3) is 4.87. The van der Waals surface area contributed by atoms with E-state index in [0.717, 1.165) is 28.4 Å². The molecule has 0 aliphatic carbocycles. The van der Waals surface area contributed by atoms with Gasteiger partial charge in [-0.3, -0.25) is 9.59 Å². The minimum atomic E-state index is -0.0357. The summed E-state index contributed by atoms with van der Waals surface area (Å²) < 4.78 is 12.8. The van der Waals surface area contributed by atoms with Crippen LogP contribution in [-0.2, 0) is 0 Å². The number of carbonyl (C=O) groups is 2. The van der Waals surface area contributed by atoms with Crippen LogP contribution in [0.3, 0.4) is 0 Å². The first-order valence-corrected chi connectivity index (χ1v) is 12.6. The van der Waals surface area contributed by atoms with Crippen molar-refractivity contribution in [2.45, 2.75) is 6.92 Å². The molecule has 0 saturated carbocycles. The Bertz CT molecular complexity index is 1440. The molecule has 4 aromatic rings. The van der Waals surface area contributed by atoms with Crippen molar-refractivity contribution in [2.24, 2.45) is 0 Å². The number of hydrogen-bond donors (Lipinski definition) is 0. The zero-order valence-corrected chi connectivity index (χ0v) is 21.9. The van der Waals surface area contributed by atoms with Crippen molar-refractivity contribution in [1.29, 1.82) is 0 Å². The number of carbonyl (C=O) groups excluding carboxylic acids is 2. The number of methoxy groups -OCH3 is 2. The monoisotopic (exact) mass is 509 g/mol. The van der Waals surface area contributed by atoms with E-state index in [-0.39, 0.29) is 11.8 Å². The van der Waals surface area contributed by atoms with Gasteiger partial charge < -0.3 is 23.8 Å². The number of nitrogens with zero attached hydrogens (tertiary/aromatic N) is 3. The fourth-order valence-corrected chi connectivity index (χ4v) is 4.93. The molecule has 0 bridgehead atoms. The summed E-state index contributed by atoms with van der Waals surface area (Å²) in [6.45, 7) is 3.90. The highest BCUT2D eigenvalue weighted by molar-refractivity contribution is 5.98. The summed E-state index contributed by atoms with van der Waals surface area (Å²) in [4.78, 5) is 30.4. The molecule has 7 heteroatoms. The molecule has 38 heavy (non-hydrogen) atoms. The highest BCUT2D eigenvalue weighted by atomic mass is 16.5. The zero-order chi connectivity index (χ0) is 26.6. The van der Waals surface area contributed by atoms with Gasteiger partial charge >= 0.3 is 0 Å². The lowest BCUT2D eigenvalue weighted by Gasteiger charge is -2.35. The lowest BCUT2D eigenvalue weighted by Crippen LogP contribution is -2.50. The van der Waals surface area contributed by atoms with Crippen molar-refractivity contribution >= 4 is 11.8 Å². The molecule has 0 radical (unpaired) electrons. The summed E-state index contributed by atoms with van der Waals surface area (Å²) in [6.07, 6.45) is 0. The maximum Gasteiger partial charge on any atom is 0.255 e. The maximum absolute atomic E-state index is 13.8. The van der Waals surface area contributed by atoms with E-state index in [1.807, 2.05) is 72.5 Å². The maximum atomic E-state index is 13.8. The van der Waals surface area contributed by atoms with Crippen molar-refractivity contribution in [3.8, 4) is 28.4 Å². The molecule has 7 nitrogen and oxygen atoms in total. The number of ether oxygens (including phenoxy) is 2. The van der Waals surface area contributed by atoms with Gasteiger partial charge in [-0.05, 0) is 61.5 Å². The predicted molar refractivity (Wildman–Crippen MR) is 147 cm³/mol. The van der Waals surface area contributed by atoms with Crippen molar-refractivity contribution in [1.82, 2.24) is 14.4 Å². The Morgan fingerprint density at radius 3 is 1.95 bits per heavy atom. The van der Waals surface area contributed by atoms with E-state index >= 15 is 0 Å². The molecule has 3 aromatic carbocycles. The van der Waals surface area contributed by atoms with Crippen LogP contribution in [0.25, 0.3) is 16.9 Å². The molecule has 194 valence electrons. The Morgan fingerprint density at radius 2 is 1.32 bits per heavy atom. The van der Waals surface area contributed by atoms with Gasteiger partial charge in [0.25, 0.3) is 11.8 Å².